The van der Waals surface area contributed by atoms with Crippen LogP contribution in [0.3, 0.4) is 0 Å². The zero-order valence-electron chi connectivity index (χ0n) is 15.7. The van der Waals surface area contributed by atoms with E-state index in [4.69, 9.17) is 4.98 Å². The molecule has 0 bridgehead atoms. The number of nitrogens with zero attached hydrogens (tertiary/aromatic N) is 3. The zero-order chi connectivity index (χ0) is 17.1. The summed E-state index contributed by atoms with van der Waals surface area (Å²) in [5.74, 6) is 0. The monoisotopic (exact) mass is 367 g/mol. The van der Waals surface area contributed by atoms with Crippen molar-refractivity contribution in [2.75, 3.05) is 11.4 Å². The molecule has 0 N–H and O–H groups in total. The van der Waals surface area contributed by atoms with E-state index in [1.807, 2.05) is 0 Å². The fourth-order valence-electron chi connectivity index (χ4n) is 4.40. The molecule has 3 aromatic rings. The van der Waals surface area contributed by atoms with Crippen molar-refractivity contribution in [3.63, 3.8) is 0 Å². The Morgan fingerprint density at radius 2 is 1.77 bits per heavy atom. The Morgan fingerprint density at radius 3 is 2.50 bits per heavy atom. The minimum absolute atomic E-state index is 0. The molecule has 4 heteroatoms. The maximum absolute atomic E-state index is 4.92. The van der Waals surface area contributed by atoms with Gasteiger partial charge in [-0.05, 0) is 62.8 Å². The van der Waals surface area contributed by atoms with Crippen LogP contribution in [0.4, 0.5) is 5.69 Å². The Bertz CT molecular complexity index is 985. The number of hydrogen-bond acceptors (Lipinski definition) is 2. The molecule has 136 valence electrons. The molecule has 3 heterocycles. The highest BCUT2D eigenvalue weighted by molar-refractivity contribution is 5.93. The molecule has 0 unspecified atom stereocenters. The van der Waals surface area contributed by atoms with Crippen LogP contribution in [0.5, 0.6) is 0 Å². The van der Waals surface area contributed by atoms with Gasteiger partial charge in [0.15, 0.2) is 0 Å². The van der Waals surface area contributed by atoms with Gasteiger partial charge in [-0.2, -0.15) is 0 Å². The van der Waals surface area contributed by atoms with E-state index in [0.29, 0.717) is 6.04 Å². The van der Waals surface area contributed by atoms with Crippen molar-refractivity contribution in [3.05, 3.63) is 58.4 Å². The van der Waals surface area contributed by atoms with Gasteiger partial charge in [-0.3, -0.25) is 4.98 Å². The van der Waals surface area contributed by atoms with Crippen LogP contribution in [0.1, 0.15) is 47.0 Å². The molecular formula is C22H26ClN3. The standard InChI is InChI=1S/C22H25N3.ClH/c1-14-12-20(24-11-10-17-6-4-5-7-18(17)13-24)22-21(23-14)15(2)16(3)25(22)19-8-9-19;/h4-7,12,19H,8-11,13H2,1-3H3;1H. The minimum Gasteiger partial charge on any atom is -0.365 e. The van der Waals surface area contributed by atoms with Gasteiger partial charge >= 0.3 is 0 Å². The van der Waals surface area contributed by atoms with Crippen molar-refractivity contribution in [2.24, 2.45) is 0 Å². The lowest BCUT2D eigenvalue weighted by molar-refractivity contribution is 0.717. The van der Waals surface area contributed by atoms with Crippen LogP contribution in [0, 0.1) is 20.8 Å². The molecule has 0 radical (unpaired) electrons. The van der Waals surface area contributed by atoms with Crippen LogP contribution in [-0.2, 0) is 13.0 Å². The zero-order valence-corrected chi connectivity index (χ0v) is 16.6. The number of aryl methyl sites for hydroxylation is 2. The van der Waals surface area contributed by atoms with E-state index in [9.17, 15) is 0 Å². The van der Waals surface area contributed by atoms with E-state index in [1.165, 1.54) is 51.9 Å². The van der Waals surface area contributed by atoms with Gasteiger partial charge in [-0.15, -0.1) is 12.4 Å². The highest BCUT2D eigenvalue weighted by atomic mass is 35.5. The Morgan fingerprint density at radius 1 is 1.04 bits per heavy atom. The lowest BCUT2D eigenvalue weighted by Gasteiger charge is -2.32. The smallest absolute Gasteiger partial charge is 0.0937 e. The molecule has 1 aliphatic heterocycles. The Hall–Kier alpha value is -2.00. The van der Waals surface area contributed by atoms with Gasteiger partial charge in [0.05, 0.1) is 16.7 Å². The van der Waals surface area contributed by atoms with E-state index < -0.39 is 0 Å². The Labute approximate surface area is 161 Å². The Balaban J connectivity index is 0.00000168. The molecule has 1 aliphatic carbocycles. The summed E-state index contributed by atoms with van der Waals surface area (Å²) in [6.07, 6.45) is 3.74. The summed E-state index contributed by atoms with van der Waals surface area (Å²) in [7, 11) is 0. The van der Waals surface area contributed by atoms with Gasteiger partial charge in [-0.1, -0.05) is 24.3 Å². The molecule has 1 fully saturated rings. The van der Waals surface area contributed by atoms with E-state index in [2.05, 4.69) is 60.6 Å². The molecule has 1 saturated carbocycles. The lowest BCUT2D eigenvalue weighted by atomic mass is 9.99. The maximum atomic E-state index is 4.92. The number of anilines is 1. The van der Waals surface area contributed by atoms with Gasteiger partial charge in [-0.25, -0.2) is 0 Å². The molecule has 3 nitrogen and oxygen atoms in total. The average molecular weight is 368 g/mol. The van der Waals surface area contributed by atoms with Gasteiger partial charge in [0.25, 0.3) is 0 Å². The van der Waals surface area contributed by atoms with Gasteiger partial charge < -0.3 is 9.47 Å². The first-order valence-electron chi connectivity index (χ1n) is 9.44. The van der Waals surface area contributed by atoms with Crippen LogP contribution in [-0.4, -0.2) is 16.1 Å². The Kier molecular flexibility index (Phi) is 4.23. The first kappa shape index (κ1) is 17.4. The topological polar surface area (TPSA) is 21.1 Å². The summed E-state index contributed by atoms with van der Waals surface area (Å²) in [5, 5.41) is 0. The van der Waals surface area contributed by atoms with E-state index >= 15 is 0 Å². The van der Waals surface area contributed by atoms with E-state index in [1.54, 1.807) is 0 Å². The number of benzene rings is 1. The molecule has 0 amide bonds. The number of rotatable bonds is 2. The molecule has 0 atom stereocenters. The van der Waals surface area contributed by atoms with Crippen LogP contribution >= 0.6 is 12.4 Å². The van der Waals surface area contributed by atoms with Crippen molar-refractivity contribution >= 4 is 29.1 Å². The second-order valence-corrected chi connectivity index (χ2v) is 7.73. The van der Waals surface area contributed by atoms with Gasteiger partial charge in [0.2, 0.25) is 0 Å². The largest absolute Gasteiger partial charge is 0.365 e. The van der Waals surface area contributed by atoms with Crippen molar-refractivity contribution in [1.29, 1.82) is 0 Å². The number of halogens is 1. The van der Waals surface area contributed by atoms with Crippen molar-refractivity contribution in [3.8, 4) is 0 Å². The van der Waals surface area contributed by atoms with E-state index in [0.717, 1.165) is 25.2 Å². The molecule has 1 aromatic carbocycles. The molecule has 2 aromatic heterocycles. The molecule has 0 saturated heterocycles. The summed E-state index contributed by atoms with van der Waals surface area (Å²) in [6.45, 7) is 8.72. The minimum atomic E-state index is 0. The highest BCUT2D eigenvalue weighted by Gasteiger charge is 2.30. The predicted octanol–water partition coefficient (Wildman–Crippen LogP) is 5.28. The third-order valence-electron chi connectivity index (χ3n) is 5.98. The first-order chi connectivity index (χ1) is 12.1. The second kappa shape index (κ2) is 6.31. The lowest BCUT2D eigenvalue weighted by Crippen LogP contribution is -2.30. The number of pyridine rings is 1. The van der Waals surface area contributed by atoms with Gasteiger partial charge in [0.1, 0.15) is 0 Å². The maximum Gasteiger partial charge on any atom is 0.0937 e. The molecular weight excluding hydrogens is 342 g/mol. The van der Waals surface area contributed by atoms with Crippen LogP contribution in [0.2, 0.25) is 0 Å². The molecule has 5 rings (SSSR count). The van der Waals surface area contributed by atoms with E-state index in [-0.39, 0.29) is 12.4 Å². The fourth-order valence-corrected chi connectivity index (χ4v) is 4.40. The molecule has 2 aliphatic rings. The molecule has 0 spiro atoms. The summed E-state index contributed by atoms with van der Waals surface area (Å²) in [4.78, 5) is 7.49. The summed E-state index contributed by atoms with van der Waals surface area (Å²) < 4.78 is 2.58. The average Bonchev–Trinajstić information content (AvgIpc) is 3.43. The highest BCUT2D eigenvalue weighted by Crippen LogP contribution is 2.44. The van der Waals surface area contributed by atoms with Crippen LogP contribution in [0.15, 0.2) is 30.3 Å². The second-order valence-electron chi connectivity index (χ2n) is 7.73. The summed E-state index contributed by atoms with van der Waals surface area (Å²) in [5.41, 5.74) is 10.8. The number of hydrogen-bond donors (Lipinski definition) is 0. The van der Waals surface area contributed by atoms with Crippen molar-refractivity contribution in [1.82, 2.24) is 9.55 Å². The van der Waals surface area contributed by atoms with Crippen molar-refractivity contribution in [2.45, 2.75) is 52.6 Å². The van der Waals surface area contributed by atoms with Crippen LogP contribution < -0.4 is 4.90 Å². The fraction of sp³-hybridized carbons (Fsp3) is 0.409. The van der Waals surface area contributed by atoms with Crippen LogP contribution in [0.25, 0.3) is 11.0 Å². The normalized spacial score (nSPS) is 16.5. The van der Waals surface area contributed by atoms with Gasteiger partial charge in [0, 0.05) is 30.5 Å². The summed E-state index contributed by atoms with van der Waals surface area (Å²) >= 11 is 0. The SMILES string of the molecule is Cc1cc(N2CCc3ccccc3C2)c2c(n1)c(C)c(C)n2C1CC1.Cl. The quantitative estimate of drug-likeness (QED) is 0.614. The number of fused-ring (bicyclic) bond motifs is 2. The third-order valence-corrected chi connectivity index (χ3v) is 5.98. The summed E-state index contributed by atoms with van der Waals surface area (Å²) in [6, 6.07) is 11.9. The van der Waals surface area contributed by atoms with Crippen molar-refractivity contribution < 1.29 is 0 Å². The predicted molar refractivity (Wildman–Crippen MR) is 111 cm³/mol. The number of aromatic nitrogens is 2. The molecule has 26 heavy (non-hydrogen) atoms. The first-order valence-corrected chi connectivity index (χ1v) is 9.44. The third kappa shape index (κ3) is 2.61.